The lowest BCUT2D eigenvalue weighted by Gasteiger charge is -2.17. The highest BCUT2D eigenvalue weighted by atomic mass is 32.2. The van der Waals surface area contributed by atoms with E-state index >= 15 is 0 Å². The molecule has 6 heteroatoms. The van der Waals surface area contributed by atoms with Crippen LogP contribution in [0.1, 0.15) is 13.3 Å². The Morgan fingerprint density at radius 1 is 1.35 bits per heavy atom. The molecule has 0 unspecified atom stereocenters. The van der Waals surface area contributed by atoms with Crippen LogP contribution in [0.5, 0.6) is 5.75 Å². The Morgan fingerprint density at radius 2 is 1.95 bits per heavy atom. The Kier molecular flexibility index (Phi) is 6.19. The highest BCUT2D eigenvalue weighted by Crippen LogP contribution is 2.19. The largest absolute Gasteiger partial charge is 0.494 e. The monoisotopic (exact) mass is 299 g/mol. The van der Waals surface area contributed by atoms with Gasteiger partial charge in [-0.25, -0.2) is 8.42 Å². The number of aliphatic hydroxyl groups excluding tert-OH is 1. The van der Waals surface area contributed by atoms with Gasteiger partial charge in [0.2, 0.25) is 10.0 Å². The third-order valence-electron chi connectivity index (χ3n) is 2.60. The summed E-state index contributed by atoms with van der Waals surface area (Å²) in [5.74, 6) is 0.583. The van der Waals surface area contributed by atoms with Crippen LogP contribution in [0.25, 0.3) is 0 Å². The third-order valence-corrected chi connectivity index (χ3v) is 4.41. The molecule has 0 bridgehead atoms. The number of rotatable bonds is 8. The van der Waals surface area contributed by atoms with Gasteiger partial charge in [-0.15, -0.1) is 0 Å². The zero-order chi connectivity index (χ0) is 15.2. The summed E-state index contributed by atoms with van der Waals surface area (Å²) >= 11 is 0. The molecule has 20 heavy (non-hydrogen) atoms. The average Bonchev–Trinajstić information content (AvgIpc) is 2.39. The molecule has 1 aromatic carbocycles. The van der Waals surface area contributed by atoms with Crippen LogP contribution in [0.2, 0.25) is 0 Å². The number of nitrogens with zero attached hydrogens (tertiary/aromatic N) is 1. The molecule has 1 N–H and O–H groups in total. The van der Waals surface area contributed by atoms with Crippen LogP contribution in [-0.4, -0.2) is 44.6 Å². The van der Waals surface area contributed by atoms with Crippen molar-refractivity contribution in [1.82, 2.24) is 4.31 Å². The van der Waals surface area contributed by atoms with Crippen molar-refractivity contribution >= 4 is 10.0 Å². The molecule has 5 nitrogen and oxygen atoms in total. The second-order valence-corrected chi connectivity index (χ2v) is 6.66. The van der Waals surface area contributed by atoms with Crippen molar-refractivity contribution in [3.63, 3.8) is 0 Å². The summed E-state index contributed by atoms with van der Waals surface area (Å²) in [6.45, 7) is 6.25. The van der Waals surface area contributed by atoms with E-state index in [1.54, 1.807) is 19.1 Å². The maximum Gasteiger partial charge on any atom is 0.243 e. The maximum absolute atomic E-state index is 12.3. The fourth-order valence-electron chi connectivity index (χ4n) is 1.61. The zero-order valence-corrected chi connectivity index (χ0v) is 12.7. The first-order valence-electron chi connectivity index (χ1n) is 6.32. The lowest BCUT2D eigenvalue weighted by molar-refractivity contribution is 0.233. The normalized spacial score (nSPS) is 11.6. The SMILES string of the molecule is C=C(C)CN(C)S(=O)(=O)c1ccc(OCCCO)cc1. The summed E-state index contributed by atoms with van der Waals surface area (Å²) in [7, 11) is -1.98. The first-order chi connectivity index (χ1) is 9.37. The Balaban J connectivity index is 2.79. The van der Waals surface area contributed by atoms with Crippen molar-refractivity contribution in [2.45, 2.75) is 18.2 Å². The summed E-state index contributed by atoms with van der Waals surface area (Å²) in [4.78, 5) is 0.218. The summed E-state index contributed by atoms with van der Waals surface area (Å²) in [6.07, 6.45) is 0.543. The Hall–Kier alpha value is -1.37. The molecule has 0 amide bonds. The van der Waals surface area contributed by atoms with Crippen molar-refractivity contribution in [1.29, 1.82) is 0 Å². The molecule has 1 rings (SSSR count). The van der Waals surface area contributed by atoms with Gasteiger partial charge in [-0.05, 0) is 31.2 Å². The van der Waals surface area contributed by atoms with Gasteiger partial charge in [-0.2, -0.15) is 4.31 Å². The van der Waals surface area contributed by atoms with Crippen molar-refractivity contribution in [2.75, 3.05) is 26.8 Å². The van der Waals surface area contributed by atoms with Crippen LogP contribution in [0, 0.1) is 0 Å². The minimum Gasteiger partial charge on any atom is -0.494 e. The lowest BCUT2D eigenvalue weighted by atomic mass is 10.3. The van der Waals surface area contributed by atoms with E-state index in [-0.39, 0.29) is 18.0 Å². The predicted octanol–water partition coefficient (Wildman–Crippen LogP) is 1.64. The second kappa shape index (κ2) is 7.42. The molecule has 0 aromatic heterocycles. The number of ether oxygens (including phenoxy) is 1. The topological polar surface area (TPSA) is 66.8 Å². The van der Waals surface area contributed by atoms with E-state index in [1.165, 1.54) is 23.5 Å². The first kappa shape index (κ1) is 16.7. The molecule has 0 fully saturated rings. The zero-order valence-electron chi connectivity index (χ0n) is 11.9. The average molecular weight is 299 g/mol. The molecule has 0 aliphatic carbocycles. The van der Waals surface area contributed by atoms with Crippen LogP contribution in [0.3, 0.4) is 0 Å². The van der Waals surface area contributed by atoms with E-state index in [4.69, 9.17) is 9.84 Å². The molecule has 0 heterocycles. The summed E-state index contributed by atoms with van der Waals surface area (Å²) in [5, 5.41) is 8.66. The molecule has 0 atom stereocenters. The first-order valence-corrected chi connectivity index (χ1v) is 7.76. The van der Waals surface area contributed by atoms with Crippen molar-refractivity contribution in [3.05, 3.63) is 36.4 Å². The lowest BCUT2D eigenvalue weighted by Crippen LogP contribution is -2.28. The Morgan fingerprint density at radius 3 is 2.45 bits per heavy atom. The fraction of sp³-hybridized carbons (Fsp3) is 0.429. The smallest absolute Gasteiger partial charge is 0.243 e. The minimum atomic E-state index is -3.50. The van der Waals surface area contributed by atoms with Gasteiger partial charge in [-0.1, -0.05) is 12.2 Å². The van der Waals surface area contributed by atoms with Gasteiger partial charge in [-0.3, -0.25) is 0 Å². The van der Waals surface area contributed by atoms with Gasteiger partial charge < -0.3 is 9.84 Å². The standard InChI is InChI=1S/C14H21NO4S/c1-12(2)11-15(3)20(17,18)14-7-5-13(6-8-14)19-10-4-9-16/h5-8,16H,1,4,9-11H2,2-3H3. The molecule has 1 aromatic rings. The number of likely N-dealkylation sites (N-methyl/N-ethyl adjacent to an activating group) is 1. The van der Waals surface area contributed by atoms with Gasteiger partial charge in [0.25, 0.3) is 0 Å². The Bertz CT molecular complexity index is 537. The van der Waals surface area contributed by atoms with Gasteiger partial charge >= 0.3 is 0 Å². The Labute approximate surface area is 120 Å². The number of hydrogen-bond donors (Lipinski definition) is 1. The quantitative estimate of drug-likeness (QED) is 0.585. The van der Waals surface area contributed by atoms with E-state index in [0.717, 1.165) is 5.57 Å². The summed E-state index contributed by atoms with van der Waals surface area (Å²) < 4.78 is 31.1. The highest BCUT2D eigenvalue weighted by Gasteiger charge is 2.20. The van der Waals surface area contributed by atoms with Gasteiger partial charge in [0.15, 0.2) is 0 Å². The van der Waals surface area contributed by atoms with Crippen LogP contribution >= 0.6 is 0 Å². The summed E-state index contributed by atoms with van der Waals surface area (Å²) in [5.41, 5.74) is 0.778. The highest BCUT2D eigenvalue weighted by molar-refractivity contribution is 7.89. The van der Waals surface area contributed by atoms with Gasteiger partial charge in [0.1, 0.15) is 5.75 Å². The number of benzene rings is 1. The van der Waals surface area contributed by atoms with Crippen molar-refractivity contribution in [3.8, 4) is 5.75 Å². The van der Waals surface area contributed by atoms with E-state index in [1.807, 2.05) is 0 Å². The molecule has 0 aliphatic rings. The molecule has 0 radical (unpaired) electrons. The van der Waals surface area contributed by atoms with Crippen LogP contribution in [0.4, 0.5) is 0 Å². The van der Waals surface area contributed by atoms with Crippen molar-refractivity contribution in [2.24, 2.45) is 0 Å². The van der Waals surface area contributed by atoms with E-state index in [9.17, 15) is 8.42 Å². The van der Waals surface area contributed by atoms with Crippen LogP contribution in [-0.2, 0) is 10.0 Å². The van der Waals surface area contributed by atoms with Crippen LogP contribution < -0.4 is 4.74 Å². The molecular weight excluding hydrogens is 278 g/mol. The summed E-state index contributed by atoms with van der Waals surface area (Å²) in [6, 6.07) is 6.24. The van der Waals surface area contributed by atoms with Gasteiger partial charge in [0, 0.05) is 26.6 Å². The van der Waals surface area contributed by atoms with Crippen LogP contribution in [0.15, 0.2) is 41.3 Å². The van der Waals surface area contributed by atoms with E-state index in [0.29, 0.717) is 18.8 Å². The van der Waals surface area contributed by atoms with Crippen molar-refractivity contribution < 1.29 is 18.3 Å². The molecule has 0 saturated carbocycles. The molecule has 112 valence electrons. The second-order valence-electron chi connectivity index (χ2n) is 4.62. The number of aliphatic hydroxyl groups is 1. The third kappa shape index (κ3) is 4.63. The fourth-order valence-corrected chi connectivity index (χ4v) is 2.84. The molecule has 0 aliphatic heterocycles. The number of hydrogen-bond acceptors (Lipinski definition) is 4. The maximum atomic E-state index is 12.3. The van der Waals surface area contributed by atoms with E-state index < -0.39 is 10.0 Å². The molecule has 0 spiro atoms. The predicted molar refractivity (Wildman–Crippen MR) is 78.3 cm³/mol. The molecular formula is C14H21NO4S. The molecule has 0 saturated heterocycles. The van der Waals surface area contributed by atoms with Gasteiger partial charge in [0.05, 0.1) is 11.5 Å². The van der Waals surface area contributed by atoms with E-state index in [2.05, 4.69) is 6.58 Å². The minimum absolute atomic E-state index is 0.0676. The number of sulfonamides is 1.